The molecule has 10 heteroatoms. The molecule has 2 aromatic heterocycles. The van der Waals surface area contributed by atoms with E-state index in [-0.39, 0.29) is 18.4 Å². The number of nitrogens with zero attached hydrogens (tertiary/aromatic N) is 5. The number of para-hydroxylation sites is 1. The Morgan fingerprint density at radius 3 is 2.52 bits per heavy atom. The minimum absolute atomic E-state index is 0.0418. The van der Waals surface area contributed by atoms with Crippen molar-refractivity contribution >= 4 is 35.1 Å². The fraction of sp³-hybridized carbons (Fsp3) is 0.143. The van der Waals surface area contributed by atoms with Gasteiger partial charge in [0.15, 0.2) is 18.2 Å². The highest BCUT2D eigenvalue weighted by molar-refractivity contribution is 6.37. The lowest BCUT2D eigenvalue weighted by Crippen LogP contribution is -2.15. The zero-order chi connectivity index (χ0) is 21.8. The Kier molecular flexibility index (Phi) is 6.20. The molecular weight excluding hydrogens is 439 g/mol. The highest BCUT2D eigenvalue weighted by atomic mass is 35.5. The number of hydrogen-bond acceptors (Lipinski definition) is 5. The van der Waals surface area contributed by atoms with Crippen molar-refractivity contribution in [3.05, 3.63) is 87.9 Å². The second-order valence-corrected chi connectivity index (χ2v) is 7.58. The Balaban J connectivity index is 1.35. The highest BCUT2D eigenvalue weighted by Crippen LogP contribution is 2.32. The summed E-state index contributed by atoms with van der Waals surface area (Å²) in [6.07, 6.45) is 3.18. The molecule has 0 atom stereocenters. The summed E-state index contributed by atoms with van der Waals surface area (Å²) in [6, 6.07) is 14.8. The molecule has 0 radical (unpaired) electrons. The Labute approximate surface area is 188 Å². The molecule has 0 aliphatic carbocycles. The first kappa shape index (κ1) is 20.9. The van der Waals surface area contributed by atoms with Crippen LogP contribution in [0.25, 0.3) is 0 Å². The van der Waals surface area contributed by atoms with Crippen molar-refractivity contribution in [2.45, 2.75) is 20.2 Å². The Bertz CT molecular complexity index is 1180. The van der Waals surface area contributed by atoms with Gasteiger partial charge in [0.2, 0.25) is 5.95 Å². The number of carbonyl (C=O) groups excluding carboxylic acids is 1. The van der Waals surface area contributed by atoms with Gasteiger partial charge in [-0.2, -0.15) is 5.10 Å². The number of halogens is 2. The third-order valence-corrected chi connectivity index (χ3v) is 4.96. The maximum Gasteiger partial charge on any atom is 0.278 e. The van der Waals surface area contributed by atoms with Gasteiger partial charge in [0.25, 0.3) is 5.91 Å². The molecule has 158 valence electrons. The molecule has 4 aromatic rings. The van der Waals surface area contributed by atoms with Gasteiger partial charge >= 0.3 is 0 Å². The normalized spacial score (nSPS) is 10.8. The molecule has 2 heterocycles. The number of aryl methyl sites for hydroxylation is 1. The molecule has 0 bridgehead atoms. The molecule has 0 unspecified atom stereocenters. The van der Waals surface area contributed by atoms with Crippen LogP contribution >= 0.6 is 23.2 Å². The van der Waals surface area contributed by atoms with Crippen LogP contribution < -0.4 is 10.1 Å². The monoisotopic (exact) mass is 456 g/mol. The van der Waals surface area contributed by atoms with Gasteiger partial charge in [-0.3, -0.25) is 10.1 Å². The average molecular weight is 457 g/mol. The smallest absolute Gasteiger partial charge is 0.278 e. The predicted molar refractivity (Wildman–Crippen MR) is 118 cm³/mol. The first-order valence-corrected chi connectivity index (χ1v) is 10.1. The lowest BCUT2D eigenvalue weighted by atomic mass is 10.1. The van der Waals surface area contributed by atoms with Crippen molar-refractivity contribution in [3.8, 4) is 5.75 Å². The summed E-state index contributed by atoms with van der Waals surface area (Å²) in [5.41, 5.74) is 2.48. The topological polar surface area (TPSA) is 86.9 Å². The summed E-state index contributed by atoms with van der Waals surface area (Å²) in [7, 11) is 0. The van der Waals surface area contributed by atoms with Crippen molar-refractivity contribution in [2.75, 3.05) is 5.32 Å². The Morgan fingerprint density at radius 2 is 1.77 bits per heavy atom. The van der Waals surface area contributed by atoms with E-state index in [1.807, 2.05) is 31.2 Å². The summed E-state index contributed by atoms with van der Waals surface area (Å²) >= 11 is 12.2. The standard InChI is InChI=1S/C21H18Cl2N6O2/c1-14-5-7-15(8-6-14)11-29-12-24-21(27-29)25-20(30)18-9-10-28(26-18)13-31-19-16(22)3-2-4-17(19)23/h2-10,12H,11,13H2,1H3,(H,25,27,30). The molecule has 0 saturated carbocycles. The average Bonchev–Trinajstić information content (AvgIpc) is 3.39. The summed E-state index contributed by atoms with van der Waals surface area (Å²) in [6.45, 7) is 2.63. The van der Waals surface area contributed by atoms with E-state index in [0.29, 0.717) is 22.3 Å². The molecule has 8 nitrogen and oxygen atoms in total. The molecule has 0 fully saturated rings. The van der Waals surface area contributed by atoms with Crippen LogP contribution in [-0.4, -0.2) is 30.5 Å². The van der Waals surface area contributed by atoms with Crippen LogP contribution in [0.15, 0.2) is 61.1 Å². The first-order valence-electron chi connectivity index (χ1n) is 9.34. The van der Waals surface area contributed by atoms with Crippen LogP contribution in [0.4, 0.5) is 5.95 Å². The molecular formula is C21H18Cl2N6O2. The number of hydrogen-bond donors (Lipinski definition) is 1. The van der Waals surface area contributed by atoms with E-state index < -0.39 is 5.91 Å². The molecule has 31 heavy (non-hydrogen) atoms. The van der Waals surface area contributed by atoms with Gasteiger partial charge in [0.1, 0.15) is 6.33 Å². The van der Waals surface area contributed by atoms with Gasteiger partial charge in [-0.25, -0.2) is 14.3 Å². The number of nitrogens with one attached hydrogen (secondary N) is 1. The molecule has 0 saturated heterocycles. The van der Waals surface area contributed by atoms with E-state index in [9.17, 15) is 4.79 Å². The van der Waals surface area contributed by atoms with Crippen LogP contribution in [0.2, 0.25) is 10.0 Å². The molecule has 1 N–H and O–H groups in total. The number of ether oxygens (including phenoxy) is 1. The van der Waals surface area contributed by atoms with E-state index in [2.05, 4.69) is 20.5 Å². The number of amides is 1. The van der Waals surface area contributed by atoms with Crippen LogP contribution in [0.3, 0.4) is 0 Å². The van der Waals surface area contributed by atoms with E-state index in [0.717, 1.165) is 5.56 Å². The van der Waals surface area contributed by atoms with Crippen LogP contribution in [0, 0.1) is 6.92 Å². The number of anilines is 1. The van der Waals surface area contributed by atoms with E-state index in [4.69, 9.17) is 27.9 Å². The van der Waals surface area contributed by atoms with Gasteiger partial charge in [0, 0.05) is 6.20 Å². The van der Waals surface area contributed by atoms with Gasteiger partial charge in [-0.15, -0.1) is 5.10 Å². The van der Waals surface area contributed by atoms with Crippen molar-refractivity contribution in [3.63, 3.8) is 0 Å². The molecule has 0 spiro atoms. The third kappa shape index (κ3) is 5.22. The maximum atomic E-state index is 12.5. The SMILES string of the molecule is Cc1ccc(Cn2cnc(NC(=O)c3ccn(COc4c(Cl)cccc4Cl)n3)n2)cc1. The van der Waals surface area contributed by atoms with Gasteiger partial charge < -0.3 is 4.74 Å². The van der Waals surface area contributed by atoms with Gasteiger partial charge in [0.05, 0.1) is 16.6 Å². The number of rotatable bonds is 7. The third-order valence-electron chi connectivity index (χ3n) is 4.36. The first-order chi connectivity index (χ1) is 15.0. The number of carbonyl (C=O) groups is 1. The van der Waals surface area contributed by atoms with E-state index >= 15 is 0 Å². The molecule has 4 rings (SSSR count). The number of benzene rings is 2. The predicted octanol–water partition coefficient (Wildman–Crippen LogP) is 4.43. The fourth-order valence-electron chi connectivity index (χ4n) is 2.78. The Hall–Kier alpha value is -3.36. The summed E-state index contributed by atoms with van der Waals surface area (Å²) in [4.78, 5) is 16.6. The van der Waals surface area contributed by atoms with Crippen LogP contribution in [0.5, 0.6) is 5.75 Å². The van der Waals surface area contributed by atoms with Crippen molar-refractivity contribution in [1.82, 2.24) is 24.5 Å². The molecule has 0 aliphatic heterocycles. The Morgan fingerprint density at radius 1 is 1.03 bits per heavy atom. The summed E-state index contributed by atoms with van der Waals surface area (Å²) in [5, 5.41) is 11.9. The van der Waals surface area contributed by atoms with Crippen molar-refractivity contribution in [2.24, 2.45) is 0 Å². The quantitative estimate of drug-likeness (QED) is 0.444. The van der Waals surface area contributed by atoms with Crippen molar-refractivity contribution < 1.29 is 9.53 Å². The van der Waals surface area contributed by atoms with Gasteiger partial charge in [-0.1, -0.05) is 59.1 Å². The fourth-order valence-corrected chi connectivity index (χ4v) is 3.29. The van der Waals surface area contributed by atoms with E-state index in [1.165, 1.54) is 10.2 Å². The highest BCUT2D eigenvalue weighted by Gasteiger charge is 2.13. The number of aromatic nitrogens is 5. The lowest BCUT2D eigenvalue weighted by molar-refractivity contribution is 0.101. The summed E-state index contributed by atoms with van der Waals surface area (Å²) in [5.74, 6) is 0.129. The lowest BCUT2D eigenvalue weighted by Gasteiger charge is -2.09. The zero-order valence-electron chi connectivity index (χ0n) is 16.5. The molecule has 2 aromatic carbocycles. The largest absolute Gasteiger partial charge is 0.468 e. The van der Waals surface area contributed by atoms with Crippen LogP contribution in [0.1, 0.15) is 21.6 Å². The summed E-state index contributed by atoms with van der Waals surface area (Å²) < 4.78 is 8.72. The van der Waals surface area contributed by atoms with E-state index in [1.54, 1.807) is 41.5 Å². The van der Waals surface area contributed by atoms with Gasteiger partial charge in [-0.05, 0) is 30.7 Å². The minimum atomic E-state index is -0.428. The second-order valence-electron chi connectivity index (χ2n) is 6.77. The molecule has 1 amide bonds. The zero-order valence-corrected chi connectivity index (χ0v) is 18.0. The molecule has 0 aliphatic rings. The van der Waals surface area contributed by atoms with Crippen LogP contribution in [-0.2, 0) is 13.3 Å². The minimum Gasteiger partial charge on any atom is -0.468 e. The van der Waals surface area contributed by atoms with Crippen molar-refractivity contribution in [1.29, 1.82) is 0 Å². The second kappa shape index (κ2) is 9.20. The maximum absolute atomic E-state index is 12.5.